The molecule has 1 atom stereocenters. The van der Waals surface area contributed by atoms with E-state index in [1.807, 2.05) is 0 Å². The first-order valence-electron chi connectivity index (χ1n) is 6.11. The molecule has 0 saturated heterocycles. The molecule has 0 aliphatic carbocycles. The molecule has 0 saturated carbocycles. The Morgan fingerprint density at radius 2 is 1.58 bits per heavy atom. The van der Waals surface area contributed by atoms with Crippen LogP contribution in [0.5, 0.6) is 0 Å². The Hall–Kier alpha value is -0.0800. The molecule has 1 unspecified atom stereocenters. The largest absolute Gasteiger partial charge is 0.481 e. The quantitative estimate of drug-likeness (QED) is 0.605. The summed E-state index contributed by atoms with van der Waals surface area (Å²) in [5.74, 6) is -1.96. The number of aliphatic carboxylic acids is 1. The highest BCUT2D eigenvalue weighted by Crippen LogP contribution is 2.41. The van der Waals surface area contributed by atoms with E-state index in [0.717, 1.165) is 0 Å². The van der Waals surface area contributed by atoms with Crippen molar-refractivity contribution in [2.75, 3.05) is 0 Å². The van der Waals surface area contributed by atoms with Crippen LogP contribution in [0.25, 0.3) is 11.4 Å². The standard InChI is InChI=1S/C12H7Cl6N3O2S/c1-4(8(22)23)6-2-5(3-24-6)7-19-9(11(13,14)15)21-10(20-7)12(16,17)18/h2-4H,1H3,(H,22,23). The van der Waals surface area contributed by atoms with Gasteiger partial charge >= 0.3 is 5.97 Å². The van der Waals surface area contributed by atoms with Gasteiger partial charge in [0.2, 0.25) is 7.59 Å². The summed E-state index contributed by atoms with van der Waals surface area (Å²) in [5, 5.41) is 10.7. The highest BCUT2D eigenvalue weighted by Gasteiger charge is 2.34. The summed E-state index contributed by atoms with van der Waals surface area (Å²) >= 11 is 36.1. The van der Waals surface area contributed by atoms with Crippen LogP contribution in [-0.2, 0) is 12.4 Å². The molecule has 2 aromatic rings. The molecule has 0 aliphatic rings. The second-order valence-electron chi connectivity index (χ2n) is 4.60. The van der Waals surface area contributed by atoms with E-state index in [0.29, 0.717) is 10.4 Å². The van der Waals surface area contributed by atoms with Gasteiger partial charge in [-0.1, -0.05) is 69.6 Å². The van der Waals surface area contributed by atoms with Gasteiger partial charge in [0.25, 0.3) is 0 Å². The third kappa shape index (κ3) is 4.75. The van der Waals surface area contributed by atoms with Gasteiger partial charge in [0, 0.05) is 15.8 Å². The molecule has 0 aromatic carbocycles. The van der Waals surface area contributed by atoms with Gasteiger partial charge in [-0.25, -0.2) is 15.0 Å². The molecular formula is C12H7Cl6N3O2S. The fourth-order valence-corrected chi connectivity index (χ4v) is 3.02. The monoisotopic (exact) mass is 467 g/mol. The molecule has 5 nitrogen and oxygen atoms in total. The van der Waals surface area contributed by atoms with Crippen molar-refractivity contribution in [1.29, 1.82) is 0 Å². The minimum Gasteiger partial charge on any atom is -0.481 e. The molecule has 0 radical (unpaired) electrons. The average Bonchev–Trinajstić information content (AvgIpc) is 2.93. The fraction of sp³-hybridized carbons (Fsp3) is 0.333. The molecule has 2 rings (SSSR count). The SMILES string of the molecule is CC(C(=O)O)c1cc(-c2nc(C(Cl)(Cl)Cl)nc(C(Cl)(Cl)Cl)n2)cs1. The second kappa shape index (κ2) is 7.27. The predicted molar refractivity (Wildman–Crippen MR) is 97.7 cm³/mol. The summed E-state index contributed by atoms with van der Waals surface area (Å²) < 4.78 is -3.90. The van der Waals surface area contributed by atoms with Gasteiger partial charge in [-0.2, -0.15) is 0 Å². The normalized spacial score (nSPS) is 13.8. The summed E-state index contributed by atoms with van der Waals surface area (Å²) in [6.45, 7) is 1.56. The predicted octanol–water partition coefficient (Wildman–Crippen LogP) is 5.44. The first-order valence-corrected chi connectivity index (χ1v) is 9.26. The van der Waals surface area contributed by atoms with Gasteiger partial charge in [-0.3, -0.25) is 4.79 Å². The van der Waals surface area contributed by atoms with E-state index in [1.54, 1.807) is 18.4 Å². The summed E-state index contributed by atoms with van der Waals surface area (Å²) in [7, 11) is 0. The van der Waals surface area contributed by atoms with Crippen LogP contribution in [0.2, 0.25) is 0 Å². The molecule has 0 amide bonds. The molecule has 0 bridgehead atoms. The van der Waals surface area contributed by atoms with Crippen molar-refractivity contribution in [1.82, 2.24) is 15.0 Å². The maximum Gasteiger partial charge on any atom is 0.311 e. The Morgan fingerprint density at radius 3 is 2.00 bits per heavy atom. The minimum atomic E-state index is -1.95. The van der Waals surface area contributed by atoms with E-state index in [9.17, 15) is 4.79 Å². The van der Waals surface area contributed by atoms with Crippen LogP contribution in [-0.4, -0.2) is 26.0 Å². The maximum absolute atomic E-state index is 11.1. The smallest absolute Gasteiger partial charge is 0.311 e. The zero-order valence-corrected chi connectivity index (χ0v) is 17.0. The number of aromatic nitrogens is 3. The highest BCUT2D eigenvalue weighted by atomic mass is 35.6. The Bertz CT molecular complexity index is 739. The third-order valence-electron chi connectivity index (χ3n) is 2.82. The molecule has 130 valence electrons. The van der Waals surface area contributed by atoms with Crippen LogP contribution < -0.4 is 0 Å². The molecule has 0 fully saturated rings. The molecular weight excluding hydrogens is 463 g/mol. The number of hydrogen-bond acceptors (Lipinski definition) is 5. The number of carboxylic acid groups (broad SMARTS) is 1. The van der Waals surface area contributed by atoms with Gasteiger partial charge < -0.3 is 5.11 Å². The number of halogens is 6. The van der Waals surface area contributed by atoms with E-state index in [1.165, 1.54) is 11.3 Å². The molecule has 0 spiro atoms. The van der Waals surface area contributed by atoms with E-state index < -0.39 is 19.5 Å². The number of carboxylic acids is 1. The average molecular weight is 470 g/mol. The lowest BCUT2D eigenvalue weighted by Gasteiger charge is -2.15. The lowest BCUT2D eigenvalue weighted by molar-refractivity contribution is -0.138. The van der Waals surface area contributed by atoms with Gasteiger partial charge in [-0.15, -0.1) is 11.3 Å². The number of carbonyl (C=O) groups is 1. The van der Waals surface area contributed by atoms with Crippen molar-refractivity contribution in [2.24, 2.45) is 0 Å². The number of hydrogen-bond donors (Lipinski definition) is 1. The number of rotatable bonds is 3. The number of thiophene rings is 1. The van der Waals surface area contributed by atoms with E-state index in [-0.39, 0.29) is 17.5 Å². The van der Waals surface area contributed by atoms with Crippen molar-refractivity contribution < 1.29 is 9.90 Å². The lowest BCUT2D eigenvalue weighted by atomic mass is 10.1. The van der Waals surface area contributed by atoms with E-state index >= 15 is 0 Å². The number of alkyl halides is 6. The Balaban J connectivity index is 2.56. The first-order chi connectivity index (χ1) is 10.9. The molecule has 2 heterocycles. The molecule has 1 N–H and O–H groups in total. The van der Waals surface area contributed by atoms with Crippen molar-refractivity contribution in [2.45, 2.75) is 20.4 Å². The van der Waals surface area contributed by atoms with Crippen LogP contribution in [0.15, 0.2) is 11.4 Å². The Morgan fingerprint density at radius 1 is 1.08 bits per heavy atom. The fourth-order valence-electron chi connectivity index (χ4n) is 1.58. The van der Waals surface area contributed by atoms with Crippen LogP contribution in [0.1, 0.15) is 29.4 Å². The van der Waals surface area contributed by atoms with Crippen LogP contribution in [0, 0.1) is 0 Å². The lowest BCUT2D eigenvalue weighted by Crippen LogP contribution is -2.16. The van der Waals surface area contributed by atoms with E-state index in [4.69, 9.17) is 74.7 Å². The summed E-state index contributed by atoms with van der Waals surface area (Å²) in [6, 6.07) is 1.61. The summed E-state index contributed by atoms with van der Waals surface area (Å²) in [4.78, 5) is 23.7. The molecule has 0 aliphatic heterocycles. The zero-order chi connectivity index (χ0) is 18.3. The minimum absolute atomic E-state index is 0.104. The summed E-state index contributed by atoms with van der Waals surface area (Å²) in [6.07, 6.45) is 0. The van der Waals surface area contributed by atoms with Gasteiger partial charge in [0.15, 0.2) is 17.5 Å². The zero-order valence-electron chi connectivity index (χ0n) is 11.6. The van der Waals surface area contributed by atoms with Crippen molar-refractivity contribution in [3.63, 3.8) is 0 Å². The molecule has 24 heavy (non-hydrogen) atoms. The van der Waals surface area contributed by atoms with E-state index in [2.05, 4.69) is 15.0 Å². The molecule has 2 aromatic heterocycles. The van der Waals surface area contributed by atoms with Gasteiger partial charge in [0.1, 0.15) is 0 Å². The summed E-state index contributed by atoms with van der Waals surface area (Å²) in [5.41, 5.74) is 0.497. The van der Waals surface area contributed by atoms with Crippen molar-refractivity contribution in [3.8, 4) is 11.4 Å². The molecule has 12 heteroatoms. The van der Waals surface area contributed by atoms with Crippen molar-refractivity contribution in [3.05, 3.63) is 28.0 Å². The van der Waals surface area contributed by atoms with Gasteiger partial charge in [-0.05, 0) is 13.0 Å². The Labute approximate surface area is 170 Å². The van der Waals surface area contributed by atoms with Crippen LogP contribution >= 0.6 is 80.9 Å². The second-order valence-corrected chi connectivity index (χ2v) is 10.1. The van der Waals surface area contributed by atoms with Gasteiger partial charge in [0.05, 0.1) is 5.92 Å². The van der Waals surface area contributed by atoms with Crippen LogP contribution in [0.3, 0.4) is 0 Å². The first kappa shape index (κ1) is 20.2. The Kier molecular flexibility index (Phi) is 6.13. The van der Waals surface area contributed by atoms with Crippen molar-refractivity contribution >= 4 is 86.9 Å². The van der Waals surface area contributed by atoms with Crippen LogP contribution in [0.4, 0.5) is 0 Å². The number of nitrogens with zero attached hydrogens (tertiary/aromatic N) is 3. The third-order valence-corrected chi connectivity index (χ3v) is 4.95. The maximum atomic E-state index is 11.1. The highest BCUT2D eigenvalue weighted by molar-refractivity contribution is 7.10. The topological polar surface area (TPSA) is 76.0 Å².